The van der Waals surface area contributed by atoms with E-state index in [1.54, 1.807) is 12.1 Å². The molecule has 0 radical (unpaired) electrons. The molecule has 2 amide bonds. The highest BCUT2D eigenvalue weighted by atomic mass is 16.3. The van der Waals surface area contributed by atoms with Gasteiger partial charge in [-0.1, -0.05) is 24.3 Å². The molecule has 0 fully saturated rings. The molecule has 0 atom stereocenters. The van der Waals surface area contributed by atoms with Crippen molar-refractivity contribution in [3.63, 3.8) is 0 Å². The average Bonchev–Trinajstić information content (AvgIpc) is 2.81. The van der Waals surface area contributed by atoms with Crippen molar-refractivity contribution in [1.82, 2.24) is 9.80 Å². The van der Waals surface area contributed by atoms with Crippen molar-refractivity contribution in [3.8, 4) is 11.5 Å². The number of carbonyl (C=O) groups excluding carboxylic acids is 2. The summed E-state index contributed by atoms with van der Waals surface area (Å²) < 4.78 is 0. The number of fused-ring (bicyclic) bond motifs is 2. The van der Waals surface area contributed by atoms with Crippen LogP contribution in [0.4, 0.5) is 5.69 Å². The predicted octanol–water partition coefficient (Wildman–Crippen LogP) is 4.31. The standard InChI is InChI=1S/C27H23N3O4/c1-29(2)11-12-30-26(33)20-7-3-5-16-13-17-6-4-8-21(24(17)25(23(16)20)27(30)34)28-15-18-14-19(31)9-10-22(18)32/h3-10,13-15,31-32H,11-12H2,1-2H3. The molecule has 4 aromatic carbocycles. The van der Waals surface area contributed by atoms with Crippen LogP contribution in [0.1, 0.15) is 26.3 Å². The first-order valence-electron chi connectivity index (χ1n) is 10.9. The van der Waals surface area contributed by atoms with Crippen molar-refractivity contribution in [2.24, 2.45) is 4.99 Å². The van der Waals surface area contributed by atoms with Gasteiger partial charge in [-0.2, -0.15) is 0 Å². The van der Waals surface area contributed by atoms with Crippen LogP contribution >= 0.6 is 0 Å². The lowest BCUT2D eigenvalue weighted by atomic mass is 9.89. The third-order valence-corrected chi connectivity index (χ3v) is 6.04. The van der Waals surface area contributed by atoms with Crippen LogP contribution < -0.4 is 0 Å². The highest BCUT2D eigenvalue weighted by Crippen LogP contribution is 2.39. The lowest BCUT2D eigenvalue weighted by molar-refractivity contribution is 0.0602. The van der Waals surface area contributed by atoms with Crippen LogP contribution in [0.5, 0.6) is 11.5 Å². The maximum Gasteiger partial charge on any atom is 0.262 e. The van der Waals surface area contributed by atoms with Crippen LogP contribution in [0, 0.1) is 0 Å². The highest BCUT2D eigenvalue weighted by Gasteiger charge is 2.34. The Morgan fingerprint density at radius 2 is 1.65 bits per heavy atom. The number of hydrogen-bond donors (Lipinski definition) is 2. The van der Waals surface area contributed by atoms with E-state index in [2.05, 4.69) is 4.99 Å². The molecule has 0 unspecified atom stereocenters. The van der Waals surface area contributed by atoms with Crippen LogP contribution in [0.15, 0.2) is 65.7 Å². The minimum atomic E-state index is -0.344. The van der Waals surface area contributed by atoms with Gasteiger partial charge < -0.3 is 15.1 Å². The van der Waals surface area contributed by atoms with Gasteiger partial charge in [-0.25, -0.2) is 0 Å². The van der Waals surface area contributed by atoms with E-state index in [9.17, 15) is 19.8 Å². The van der Waals surface area contributed by atoms with Crippen molar-refractivity contribution >= 4 is 45.3 Å². The largest absolute Gasteiger partial charge is 0.508 e. The molecular formula is C27H23N3O4. The van der Waals surface area contributed by atoms with Gasteiger partial charge >= 0.3 is 0 Å². The Bertz CT molecular complexity index is 1510. The molecule has 1 heterocycles. The number of aromatic hydroxyl groups is 2. The summed E-state index contributed by atoms with van der Waals surface area (Å²) in [4.78, 5) is 34.8. The molecule has 5 rings (SSSR count). The van der Waals surface area contributed by atoms with E-state index in [0.29, 0.717) is 39.7 Å². The van der Waals surface area contributed by atoms with E-state index in [-0.39, 0.29) is 29.9 Å². The van der Waals surface area contributed by atoms with Crippen LogP contribution in [0.2, 0.25) is 0 Å². The van der Waals surface area contributed by atoms with Gasteiger partial charge in [0.15, 0.2) is 0 Å². The van der Waals surface area contributed by atoms with Crippen molar-refractivity contribution in [2.75, 3.05) is 27.2 Å². The molecule has 34 heavy (non-hydrogen) atoms. The first kappa shape index (κ1) is 21.6. The number of likely N-dealkylation sites (N-methyl/N-ethyl adjacent to an activating group) is 1. The van der Waals surface area contributed by atoms with E-state index < -0.39 is 0 Å². The van der Waals surface area contributed by atoms with Crippen molar-refractivity contribution in [1.29, 1.82) is 0 Å². The molecule has 0 bridgehead atoms. The number of amides is 2. The summed E-state index contributed by atoms with van der Waals surface area (Å²) in [7, 11) is 3.79. The average molecular weight is 453 g/mol. The van der Waals surface area contributed by atoms with Crippen molar-refractivity contribution in [2.45, 2.75) is 0 Å². The third-order valence-electron chi connectivity index (χ3n) is 6.04. The van der Waals surface area contributed by atoms with E-state index in [4.69, 9.17) is 0 Å². The van der Waals surface area contributed by atoms with Crippen molar-refractivity contribution in [3.05, 3.63) is 77.4 Å². The Morgan fingerprint density at radius 3 is 2.41 bits per heavy atom. The lowest BCUT2D eigenvalue weighted by Crippen LogP contribution is -2.43. The maximum absolute atomic E-state index is 13.7. The molecule has 1 aliphatic heterocycles. The quantitative estimate of drug-likeness (QED) is 0.203. The van der Waals surface area contributed by atoms with E-state index in [0.717, 1.165) is 10.8 Å². The number of rotatable bonds is 5. The highest BCUT2D eigenvalue weighted by molar-refractivity contribution is 6.31. The molecule has 170 valence electrons. The minimum absolute atomic E-state index is 0.00752. The number of nitrogens with zero attached hydrogens (tertiary/aromatic N) is 3. The zero-order valence-electron chi connectivity index (χ0n) is 18.8. The van der Waals surface area contributed by atoms with Gasteiger partial charge in [-0.05, 0) is 61.3 Å². The summed E-state index contributed by atoms with van der Waals surface area (Å²) in [6, 6.07) is 17.2. The predicted molar refractivity (Wildman–Crippen MR) is 132 cm³/mol. The van der Waals surface area contributed by atoms with E-state index in [1.165, 1.54) is 29.3 Å². The molecule has 7 nitrogen and oxygen atoms in total. The topological polar surface area (TPSA) is 93.4 Å². The molecule has 0 saturated heterocycles. The van der Waals surface area contributed by atoms with Gasteiger partial charge in [0.25, 0.3) is 11.8 Å². The van der Waals surface area contributed by atoms with E-state index >= 15 is 0 Å². The molecule has 1 aliphatic rings. The fraction of sp³-hybridized carbons (Fsp3) is 0.148. The number of carbonyl (C=O) groups is 2. The molecule has 0 saturated carbocycles. The van der Waals surface area contributed by atoms with Gasteiger partial charge in [-0.3, -0.25) is 19.5 Å². The van der Waals surface area contributed by atoms with Crippen LogP contribution in [0.25, 0.3) is 21.5 Å². The third kappa shape index (κ3) is 3.56. The first-order valence-corrected chi connectivity index (χ1v) is 10.9. The monoisotopic (exact) mass is 453 g/mol. The summed E-state index contributed by atoms with van der Waals surface area (Å²) in [5, 5.41) is 22.8. The first-order chi connectivity index (χ1) is 16.3. The van der Waals surface area contributed by atoms with Gasteiger partial charge in [-0.15, -0.1) is 0 Å². The Balaban J connectivity index is 1.75. The summed E-state index contributed by atoms with van der Waals surface area (Å²) in [6.45, 7) is 0.828. The Kier molecular flexibility index (Phi) is 5.26. The number of benzene rings is 4. The summed E-state index contributed by atoms with van der Waals surface area (Å²) in [6.07, 6.45) is 1.45. The zero-order valence-corrected chi connectivity index (χ0v) is 18.8. The molecule has 0 aliphatic carbocycles. The smallest absolute Gasteiger partial charge is 0.262 e. The van der Waals surface area contributed by atoms with Crippen LogP contribution in [-0.4, -0.2) is 65.2 Å². The molecule has 7 heteroatoms. The van der Waals surface area contributed by atoms with Gasteiger partial charge in [0.2, 0.25) is 0 Å². The van der Waals surface area contributed by atoms with Crippen LogP contribution in [-0.2, 0) is 0 Å². The number of phenols is 2. The molecular weight excluding hydrogens is 430 g/mol. The van der Waals surface area contributed by atoms with Gasteiger partial charge in [0.1, 0.15) is 11.5 Å². The lowest BCUT2D eigenvalue weighted by Gasteiger charge is -2.29. The second-order valence-corrected chi connectivity index (χ2v) is 8.60. The van der Waals surface area contributed by atoms with Crippen molar-refractivity contribution < 1.29 is 19.8 Å². The van der Waals surface area contributed by atoms with Gasteiger partial charge in [0, 0.05) is 41.2 Å². The zero-order chi connectivity index (χ0) is 24.0. The molecule has 0 aromatic heterocycles. The molecule has 0 spiro atoms. The molecule has 4 aromatic rings. The van der Waals surface area contributed by atoms with Gasteiger partial charge in [0.05, 0.1) is 11.3 Å². The fourth-order valence-corrected chi connectivity index (χ4v) is 4.37. The Hall–Kier alpha value is -4.23. The SMILES string of the molecule is CN(C)CCN1C(=O)c2cccc3cc4cccc(N=Cc5cc(O)ccc5O)c4c(c23)C1=O. The number of aliphatic imine (C=N–C) groups is 1. The summed E-state index contributed by atoms with van der Waals surface area (Å²) in [5.41, 5.74) is 1.83. The number of phenolic OH excluding ortho intramolecular Hbond substituents is 2. The second kappa shape index (κ2) is 8.28. The number of imide groups is 1. The minimum Gasteiger partial charge on any atom is -0.508 e. The Morgan fingerprint density at radius 1 is 0.912 bits per heavy atom. The Labute approximate surface area is 196 Å². The second-order valence-electron chi connectivity index (χ2n) is 8.60. The maximum atomic E-state index is 13.7. The molecule has 2 N–H and O–H groups in total. The normalized spacial score (nSPS) is 13.7. The fourth-order valence-electron chi connectivity index (χ4n) is 4.37. The summed E-state index contributed by atoms with van der Waals surface area (Å²) >= 11 is 0. The van der Waals surface area contributed by atoms with E-state index in [1.807, 2.05) is 49.3 Å². The summed E-state index contributed by atoms with van der Waals surface area (Å²) in [5.74, 6) is -0.653. The number of hydrogen-bond acceptors (Lipinski definition) is 6. The van der Waals surface area contributed by atoms with Crippen LogP contribution in [0.3, 0.4) is 0 Å².